The lowest BCUT2D eigenvalue weighted by Crippen LogP contribution is -2.27. The number of aromatic nitrogens is 3. The van der Waals surface area contributed by atoms with Crippen molar-refractivity contribution < 1.29 is 27.8 Å². The summed E-state index contributed by atoms with van der Waals surface area (Å²) in [6, 6.07) is 0.787. The van der Waals surface area contributed by atoms with Gasteiger partial charge in [0, 0.05) is 25.4 Å². The quantitative estimate of drug-likeness (QED) is 0.329. The Balaban J connectivity index is 1.92. The lowest BCUT2D eigenvalue weighted by Gasteiger charge is -2.16. The van der Waals surface area contributed by atoms with Crippen LogP contribution in [0.5, 0.6) is 11.5 Å². The topological polar surface area (TPSA) is 113 Å². The van der Waals surface area contributed by atoms with E-state index in [2.05, 4.69) is 28.5 Å². The van der Waals surface area contributed by atoms with Crippen LogP contribution in [0.4, 0.5) is 14.6 Å². The van der Waals surface area contributed by atoms with Crippen LogP contribution in [0, 0.1) is 23.5 Å². The van der Waals surface area contributed by atoms with Crippen LogP contribution in [-0.4, -0.2) is 58.7 Å². The van der Waals surface area contributed by atoms with E-state index >= 15 is 0 Å². The largest absolute Gasteiger partial charge is 0.493 e. The number of anilines is 1. The fraction of sp³-hybridized carbons (Fsp3) is 0.280. The molecular formula is C25H23F2N5O4. The van der Waals surface area contributed by atoms with Crippen LogP contribution in [-0.2, 0) is 4.79 Å². The number of nitrogens with zero attached hydrogens (tertiary/aromatic N) is 4. The Labute approximate surface area is 205 Å². The Kier molecular flexibility index (Phi) is 6.61. The number of carbonyl (C=O) groups is 2. The molecular weight excluding hydrogens is 472 g/mol. The first-order chi connectivity index (χ1) is 17.2. The number of halogens is 2. The molecule has 1 aliphatic heterocycles. The number of rotatable bonds is 5. The molecule has 0 aliphatic carbocycles. The normalized spacial score (nSPS) is 14.9. The highest BCUT2D eigenvalue weighted by molar-refractivity contribution is 6.09. The predicted molar refractivity (Wildman–Crippen MR) is 128 cm³/mol. The van der Waals surface area contributed by atoms with Crippen LogP contribution < -0.4 is 15.2 Å². The van der Waals surface area contributed by atoms with E-state index in [0.29, 0.717) is 25.0 Å². The van der Waals surface area contributed by atoms with E-state index < -0.39 is 17.2 Å². The number of benzene rings is 1. The van der Waals surface area contributed by atoms with Crippen LogP contribution in [0.15, 0.2) is 24.9 Å². The summed E-state index contributed by atoms with van der Waals surface area (Å²) in [5.41, 5.74) is 6.29. The summed E-state index contributed by atoms with van der Waals surface area (Å²) in [5, 5.41) is 4.83. The van der Waals surface area contributed by atoms with Crippen molar-refractivity contribution in [2.24, 2.45) is 0 Å². The Morgan fingerprint density at radius 3 is 2.47 bits per heavy atom. The van der Waals surface area contributed by atoms with Crippen molar-refractivity contribution >= 4 is 28.4 Å². The Morgan fingerprint density at radius 1 is 1.22 bits per heavy atom. The highest BCUT2D eigenvalue weighted by Crippen LogP contribution is 2.33. The van der Waals surface area contributed by atoms with Gasteiger partial charge in [-0.3, -0.25) is 14.3 Å². The van der Waals surface area contributed by atoms with Crippen LogP contribution in [0.3, 0.4) is 0 Å². The summed E-state index contributed by atoms with van der Waals surface area (Å²) in [4.78, 5) is 30.2. The Hall–Kier alpha value is -4.46. The maximum absolute atomic E-state index is 14.8. The summed E-state index contributed by atoms with van der Waals surface area (Å²) in [5.74, 6) is 2.21. The third kappa shape index (κ3) is 4.11. The molecule has 1 saturated heterocycles. The number of fused-ring (bicyclic) bond motifs is 1. The minimum absolute atomic E-state index is 0.0479. The lowest BCUT2D eigenvalue weighted by atomic mass is 10.1. The zero-order valence-electron chi connectivity index (χ0n) is 19.9. The molecule has 11 heteroatoms. The van der Waals surface area contributed by atoms with Gasteiger partial charge >= 0.3 is 0 Å². The molecule has 36 heavy (non-hydrogen) atoms. The average Bonchev–Trinajstić information content (AvgIpc) is 3.49. The summed E-state index contributed by atoms with van der Waals surface area (Å²) in [6.45, 7) is 5.69. The number of Topliss-reactive ketones (excluding diaryl/α,β-unsaturated/α-hetero) is 1. The zero-order chi connectivity index (χ0) is 26.1. The Bertz CT molecular complexity index is 1440. The van der Waals surface area contributed by atoms with Gasteiger partial charge in [0.2, 0.25) is 5.91 Å². The van der Waals surface area contributed by atoms with Gasteiger partial charge in [0.25, 0.3) is 0 Å². The highest BCUT2D eigenvalue weighted by atomic mass is 19.1. The summed E-state index contributed by atoms with van der Waals surface area (Å²) < 4.78 is 41.2. The van der Waals surface area contributed by atoms with E-state index in [4.69, 9.17) is 15.2 Å². The molecule has 9 nitrogen and oxygen atoms in total. The van der Waals surface area contributed by atoms with Crippen molar-refractivity contribution in [1.82, 2.24) is 19.7 Å². The van der Waals surface area contributed by atoms with E-state index in [1.165, 1.54) is 33.4 Å². The van der Waals surface area contributed by atoms with Crippen molar-refractivity contribution in [1.29, 1.82) is 0 Å². The van der Waals surface area contributed by atoms with Gasteiger partial charge in [-0.05, 0) is 25.3 Å². The molecule has 1 unspecified atom stereocenters. The van der Waals surface area contributed by atoms with Crippen molar-refractivity contribution in [2.75, 3.05) is 33.0 Å². The molecule has 0 bridgehead atoms. The fourth-order valence-corrected chi connectivity index (χ4v) is 4.19. The molecule has 0 saturated carbocycles. The number of nitrogen functional groups attached to an aromatic ring is 1. The number of likely N-dealkylation sites (tertiary alicyclic amines) is 1. The molecule has 2 aromatic heterocycles. The molecule has 3 heterocycles. The number of methoxy groups -OCH3 is 2. The van der Waals surface area contributed by atoms with Gasteiger partial charge in [-0.1, -0.05) is 12.5 Å². The first-order valence-corrected chi connectivity index (χ1v) is 10.9. The summed E-state index contributed by atoms with van der Waals surface area (Å²) in [7, 11) is 2.47. The summed E-state index contributed by atoms with van der Waals surface area (Å²) in [6.07, 6.45) is 3.14. The second-order valence-corrected chi connectivity index (χ2v) is 8.10. The number of nitrogens with two attached hydrogens (primary N) is 1. The summed E-state index contributed by atoms with van der Waals surface area (Å²) >= 11 is 0. The van der Waals surface area contributed by atoms with Crippen LogP contribution in [0.1, 0.15) is 41.0 Å². The molecule has 1 aromatic carbocycles. The smallest absolute Gasteiger partial charge is 0.246 e. The van der Waals surface area contributed by atoms with Gasteiger partial charge in [0.1, 0.15) is 17.1 Å². The molecule has 1 amide bonds. The van der Waals surface area contributed by atoms with E-state index in [1.807, 2.05) is 0 Å². The zero-order valence-corrected chi connectivity index (χ0v) is 19.9. The van der Waals surface area contributed by atoms with Crippen molar-refractivity contribution in [3.63, 3.8) is 0 Å². The SMILES string of the molecule is C=CC(=O)N1CCC(n2nc(C#Cc3c(F)c(OC)cc(OC)c3F)c3c(N)ncc(C(C)=O)c32)C1. The van der Waals surface area contributed by atoms with Gasteiger partial charge < -0.3 is 20.1 Å². The molecule has 1 fully saturated rings. The molecule has 1 aliphatic rings. The van der Waals surface area contributed by atoms with Gasteiger partial charge in [-0.25, -0.2) is 13.8 Å². The maximum atomic E-state index is 14.8. The average molecular weight is 495 g/mol. The first kappa shape index (κ1) is 24.7. The van der Waals surface area contributed by atoms with Gasteiger partial charge in [0.05, 0.1) is 36.7 Å². The van der Waals surface area contributed by atoms with Gasteiger partial charge in [-0.15, -0.1) is 0 Å². The molecule has 2 N–H and O–H groups in total. The minimum Gasteiger partial charge on any atom is -0.493 e. The number of hydrogen-bond acceptors (Lipinski definition) is 7. The monoisotopic (exact) mass is 495 g/mol. The van der Waals surface area contributed by atoms with E-state index in [9.17, 15) is 18.4 Å². The van der Waals surface area contributed by atoms with Crippen LogP contribution in [0.25, 0.3) is 10.9 Å². The van der Waals surface area contributed by atoms with Gasteiger partial charge in [-0.2, -0.15) is 5.10 Å². The number of ether oxygens (including phenoxy) is 2. The molecule has 186 valence electrons. The third-order valence-electron chi connectivity index (χ3n) is 6.01. The second kappa shape index (κ2) is 9.65. The van der Waals surface area contributed by atoms with Crippen LogP contribution in [0.2, 0.25) is 0 Å². The number of ketones is 1. The van der Waals surface area contributed by atoms with Crippen LogP contribution >= 0.6 is 0 Å². The number of pyridine rings is 1. The van der Waals surface area contributed by atoms with E-state index in [-0.39, 0.29) is 51.7 Å². The minimum atomic E-state index is -1.00. The number of carbonyl (C=O) groups excluding carboxylic acids is 2. The first-order valence-electron chi connectivity index (χ1n) is 10.9. The van der Waals surface area contributed by atoms with Gasteiger partial charge in [0.15, 0.2) is 28.9 Å². The highest BCUT2D eigenvalue weighted by Gasteiger charge is 2.30. The number of hydrogen-bond donors (Lipinski definition) is 1. The standard InChI is InChI=1S/C25H23F2N5O4/c1-5-20(34)31-9-8-14(12-31)32-24-16(13(2)33)11-29-25(28)21(24)17(30-32)7-6-15-22(26)18(35-3)10-19(36-4)23(15)27/h5,10-11,14H,1,8-9,12H2,2-4H3,(H2,28,29). The van der Waals surface area contributed by atoms with E-state index in [0.717, 1.165) is 6.07 Å². The van der Waals surface area contributed by atoms with Crippen molar-refractivity contribution in [3.05, 3.63) is 53.4 Å². The molecule has 1 atom stereocenters. The molecule has 3 aromatic rings. The van der Waals surface area contributed by atoms with Crippen molar-refractivity contribution in [3.8, 4) is 23.3 Å². The predicted octanol–water partition coefficient (Wildman–Crippen LogP) is 2.87. The molecule has 4 rings (SSSR count). The lowest BCUT2D eigenvalue weighted by molar-refractivity contribution is -0.125. The second-order valence-electron chi connectivity index (χ2n) is 8.10. The third-order valence-corrected chi connectivity index (χ3v) is 6.01. The Morgan fingerprint density at radius 2 is 1.89 bits per heavy atom. The number of amides is 1. The van der Waals surface area contributed by atoms with E-state index in [1.54, 1.807) is 9.58 Å². The van der Waals surface area contributed by atoms with Crippen molar-refractivity contribution in [2.45, 2.75) is 19.4 Å². The molecule has 0 radical (unpaired) electrons. The molecule has 0 spiro atoms. The maximum Gasteiger partial charge on any atom is 0.246 e. The fourth-order valence-electron chi connectivity index (χ4n) is 4.19.